The van der Waals surface area contributed by atoms with Crippen LogP contribution in [0.25, 0.3) is 0 Å². The molecule has 0 bridgehead atoms. The summed E-state index contributed by atoms with van der Waals surface area (Å²) in [5.74, 6) is 0. The van der Waals surface area contributed by atoms with Crippen molar-refractivity contribution in [1.29, 1.82) is 0 Å². The standard InChI is InChI=1S/C14H19IN2/c1-11-9-16-8-4-5-12(16)10-17(11)14-7-3-2-6-13(14)15/h2-3,6-7,11-12H,4-5,8-10H2,1H3. The fourth-order valence-electron chi connectivity index (χ4n) is 3.21. The molecule has 1 aromatic carbocycles. The lowest BCUT2D eigenvalue weighted by Gasteiger charge is -2.44. The number of hydrogen-bond donors (Lipinski definition) is 0. The van der Waals surface area contributed by atoms with Crippen LogP contribution in [0.5, 0.6) is 0 Å². The second-order valence-corrected chi connectivity index (χ2v) is 6.41. The molecule has 0 radical (unpaired) electrons. The molecule has 3 heteroatoms. The third-order valence-electron chi connectivity index (χ3n) is 4.10. The van der Waals surface area contributed by atoms with Gasteiger partial charge in [-0.3, -0.25) is 4.90 Å². The van der Waals surface area contributed by atoms with Crippen LogP contribution in [0.1, 0.15) is 19.8 Å². The third kappa shape index (κ3) is 2.19. The van der Waals surface area contributed by atoms with E-state index in [1.807, 2.05) is 0 Å². The van der Waals surface area contributed by atoms with Gasteiger partial charge in [-0.25, -0.2) is 0 Å². The summed E-state index contributed by atoms with van der Waals surface area (Å²) in [6, 6.07) is 10.2. The number of fused-ring (bicyclic) bond motifs is 1. The van der Waals surface area contributed by atoms with Gasteiger partial charge >= 0.3 is 0 Å². The summed E-state index contributed by atoms with van der Waals surface area (Å²) >= 11 is 2.46. The van der Waals surface area contributed by atoms with Crippen LogP contribution < -0.4 is 4.90 Å². The van der Waals surface area contributed by atoms with E-state index in [-0.39, 0.29) is 0 Å². The summed E-state index contributed by atoms with van der Waals surface area (Å²) in [6.45, 7) is 6.11. The number of anilines is 1. The van der Waals surface area contributed by atoms with Crippen molar-refractivity contribution >= 4 is 28.3 Å². The molecule has 0 amide bonds. The normalized spacial score (nSPS) is 29.4. The molecule has 2 atom stereocenters. The minimum Gasteiger partial charge on any atom is -0.365 e. The molecule has 2 saturated heterocycles. The molecule has 1 aromatic rings. The van der Waals surface area contributed by atoms with Crippen molar-refractivity contribution in [3.63, 3.8) is 0 Å². The van der Waals surface area contributed by atoms with Gasteiger partial charge in [0.15, 0.2) is 0 Å². The Morgan fingerprint density at radius 3 is 2.88 bits per heavy atom. The summed E-state index contributed by atoms with van der Waals surface area (Å²) in [5, 5.41) is 0. The number of halogens is 1. The van der Waals surface area contributed by atoms with E-state index >= 15 is 0 Å². The first-order chi connectivity index (χ1) is 8.25. The Morgan fingerprint density at radius 1 is 1.24 bits per heavy atom. The zero-order valence-corrected chi connectivity index (χ0v) is 12.4. The number of nitrogens with zero attached hydrogens (tertiary/aromatic N) is 2. The first-order valence-corrected chi connectivity index (χ1v) is 7.59. The average molecular weight is 342 g/mol. The summed E-state index contributed by atoms with van der Waals surface area (Å²) in [5.41, 5.74) is 1.42. The summed E-state index contributed by atoms with van der Waals surface area (Å²) < 4.78 is 1.38. The highest BCUT2D eigenvalue weighted by Crippen LogP contribution is 2.31. The highest BCUT2D eigenvalue weighted by atomic mass is 127. The van der Waals surface area contributed by atoms with Crippen molar-refractivity contribution in [2.45, 2.75) is 31.8 Å². The van der Waals surface area contributed by atoms with Crippen LogP contribution >= 0.6 is 22.6 Å². The minimum atomic E-state index is 0.639. The molecule has 0 aromatic heterocycles. The number of rotatable bonds is 1. The van der Waals surface area contributed by atoms with E-state index in [2.05, 4.69) is 63.6 Å². The Morgan fingerprint density at radius 2 is 2.06 bits per heavy atom. The van der Waals surface area contributed by atoms with Crippen molar-refractivity contribution < 1.29 is 0 Å². The molecular formula is C14H19IN2. The van der Waals surface area contributed by atoms with E-state index in [0.717, 1.165) is 6.04 Å². The van der Waals surface area contributed by atoms with Gasteiger partial charge in [0.2, 0.25) is 0 Å². The molecular weight excluding hydrogens is 323 g/mol. The van der Waals surface area contributed by atoms with Crippen molar-refractivity contribution in [2.75, 3.05) is 24.5 Å². The van der Waals surface area contributed by atoms with Crippen LogP contribution in [-0.4, -0.2) is 36.6 Å². The Balaban J connectivity index is 1.85. The van der Waals surface area contributed by atoms with Crippen molar-refractivity contribution in [2.24, 2.45) is 0 Å². The topological polar surface area (TPSA) is 6.48 Å². The fraction of sp³-hybridized carbons (Fsp3) is 0.571. The van der Waals surface area contributed by atoms with Crippen molar-refractivity contribution in [3.05, 3.63) is 27.8 Å². The quantitative estimate of drug-likeness (QED) is 0.724. The molecule has 2 fully saturated rings. The van der Waals surface area contributed by atoms with Gasteiger partial charge in [0.25, 0.3) is 0 Å². The lowest BCUT2D eigenvalue weighted by Crippen LogP contribution is -2.55. The number of hydrogen-bond acceptors (Lipinski definition) is 2. The average Bonchev–Trinajstić information content (AvgIpc) is 2.76. The SMILES string of the molecule is CC1CN2CCCC2CN1c1ccccc1I. The molecule has 3 rings (SSSR count). The smallest absolute Gasteiger partial charge is 0.0505 e. The number of piperazine rings is 1. The predicted octanol–water partition coefficient (Wildman–Crippen LogP) is 2.96. The van der Waals surface area contributed by atoms with Crippen LogP contribution in [0.2, 0.25) is 0 Å². The Kier molecular flexibility index (Phi) is 3.30. The third-order valence-corrected chi connectivity index (χ3v) is 5.01. The first-order valence-electron chi connectivity index (χ1n) is 6.51. The molecule has 2 unspecified atom stereocenters. The maximum atomic E-state index is 2.68. The zero-order valence-electron chi connectivity index (χ0n) is 10.3. The van der Waals surface area contributed by atoms with Crippen molar-refractivity contribution in [1.82, 2.24) is 4.90 Å². The van der Waals surface area contributed by atoms with Gasteiger partial charge in [-0.2, -0.15) is 0 Å². The molecule has 2 heterocycles. The molecule has 92 valence electrons. The summed E-state index contributed by atoms with van der Waals surface area (Å²) in [6.07, 6.45) is 2.77. The minimum absolute atomic E-state index is 0.639. The van der Waals surface area contributed by atoms with Gasteiger partial charge in [0.1, 0.15) is 0 Å². The van der Waals surface area contributed by atoms with Crippen LogP contribution in [0.3, 0.4) is 0 Å². The van der Waals surface area contributed by atoms with E-state index in [4.69, 9.17) is 0 Å². The largest absolute Gasteiger partial charge is 0.365 e. The summed E-state index contributed by atoms with van der Waals surface area (Å²) in [4.78, 5) is 5.28. The molecule has 0 aliphatic carbocycles. The molecule has 17 heavy (non-hydrogen) atoms. The van der Waals surface area contributed by atoms with E-state index in [1.54, 1.807) is 0 Å². The summed E-state index contributed by atoms with van der Waals surface area (Å²) in [7, 11) is 0. The fourth-order valence-corrected chi connectivity index (χ4v) is 3.90. The molecule has 0 N–H and O–H groups in total. The lowest BCUT2D eigenvalue weighted by molar-refractivity contribution is 0.203. The zero-order chi connectivity index (χ0) is 11.8. The van der Waals surface area contributed by atoms with Gasteiger partial charge in [0, 0.05) is 28.7 Å². The Labute approximate surface area is 117 Å². The lowest BCUT2D eigenvalue weighted by atomic mass is 10.1. The van der Waals surface area contributed by atoms with Crippen molar-refractivity contribution in [3.8, 4) is 0 Å². The van der Waals surface area contributed by atoms with Crippen LogP contribution in [0.4, 0.5) is 5.69 Å². The van der Waals surface area contributed by atoms with E-state index in [1.165, 1.54) is 41.7 Å². The monoisotopic (exact) mass is 342 g/mol. The second kappa shape index (κ2) is 4.76. The molecule has 2 aliphatic heterocycles. The predicted molar refractivity (Wildman–Crippen MR) is 80.6 cm³/mol. The second-order valence-electron chi connectivity index (χ2n) is 5.24. The number of para-hydroxylation sites is 1. The maximum Gasteiger partial charge on any atom is 0.0505 e. The maximum absolute atomic E-state index is 2.68. The molecule has 0 spiro atoms. The van der Waals surface area contributed by atoms with Gasteiger partial charge in [-0.05, 0) is 61.0 Å². The molecule has 0 saturated carbocycles. The van der Waals surface area contributed by atoms with Gasteiger partial charge < -0.3 is 4.90 Å². The van der Waals surface area contributed by atoms with Gasteiger partial charge in [-0.15, -0.1) is 0 Å². The highest BCUT2D eigenvalue weighted by Gasteiger charge is 2.34. The van der Waals surface area contributed by atoms with Gasteiger partial charge in [-0.1, -0.05) is 12.1 Å². The first kappa shape index (κ1) is 11.8. The van der Waals surface area contributed by atoms with E-state index < -0.39 is 0 Å². The number of benzene rings is 1. The van der Waals surface area contributed by atoms with Crippen LogP contribution in [-0.2, 0) is 0 Å². The Hall–Kier alpha value is -0.290. The van der Waals surface area contributed by atoms with E-state index in [0.29, 0.717) is 6.04 Å². The molecule has 2 nitrogen and oxygen atoms in total. The van der Waals surface area contributed by atoms with Crippen LogP contribution in [0.15, 0.2) is 24.3 Å². The van der Waals surface area contributed by atoms with Gasteiger partial charge in [0.05, 0.1) is 5.69 Å². The Bertz CT molecular complexity index is 407. The van der Waals surface area contributed by atoms with E-state index in [9.17, 15) is 0 Å². The molecule has 2 aliphatic rings. The van der Waals surface area contributed by atoms with Crippen LogP contribution in [0, 0.1) is 3.57 Å². The highest BCUT2D eigenvalue weighted by molar-refractivity contribution is 14.1.